The quantitative estimate of drug-likeness (QED) is 0.559. The molecule has 0 aliphatic heterocycles. The van der Waals surface area contributed by atoms with Gasteiger partial charge in [-0.15, -0.1) is 0 Å². The SMILES string of the molecule is C/C=C/C=C/c1ccccc1/C=C/C=C/C=C/CC. The Morgan fingerprint density at radius 2 is 1.37 bits per heavy atom. The van der Waals surface area contributed by atoms with Crippen molar-refractivity contribution in [1.82, 2.24) is 0 Å². The van der Waals surface area contributed by atoms with E-state index in [9.17, 15) is 0 Å². The highest BCUT2D eigenvalue weighted by atomic mass is 14.0. The van der Waals surface area contributed by atoms with Gasteiger partial charge in [-0.1, -0.05) is 91.9 Å². The molecule has 0 bridgehead atoms. The number of hydrogen-bond donors (Lipinski definition) is 0. The van der Waals surface area contributed by atoms with Crippen molar-refractivity contribution in [2.24, 2.45) is 0 Å². The lowest BCUT2D eigenvalue weighted by molar-refractivity contribution is 1.22. The molecule has 0 nitrogen and oxygen atoms in total. The van der Waals surface area contributed by atoms with Crippen LogP contribution in [0.4, 0.5) is 0 Å². The Morgan fingerprint density at radius 1 is 0.789 bits per heavy atom. The fraction of sp³-hybridized carbons (Fsp3) is 0.158. The number of hydrogen-bond acceptors (Lipinski definition) is 0. The predicted octanol–water partition coefficient (Wildman–Crippen LogP) is 5.81. The summed E-state index contributed by atoms with van der Waals surface area (Å²) in [6.07, 6.45) is 21.8. The summed E-state index contributed by atoms with van der Waals surface area (Å²) < 4.78 is 0. The maximum absolute atomic E-state index is 2.14. The zero-order valence-corrected chi connectivity index (χ0v) is 11.8. The molecule has 98 valence electrons. The van der Waals surface area contributed by atoms with Gasteiger partial charge in [0.05, 0.1) is 0 Å². The number of allylic oxidation sites excluding steroid dienone is 8. The Morgan fingerprint density at radius 3 is 1.95 bits per heavy atom. The summed E-state index contributed by atoms with van der Waals surface area (Å²) in [5, 5.41) is 0. The van der Waals surface area contributed by atoms with E-state index in [0.29, 0.717) is 0 Å². The van der Waals surface area contributed by atoms with E-state index in [-0.39, 0.29) is 0 Å². The van der Waals surface area contributed by atoms with Crippen molar-refractivity contribution in [2.45, 2.75) is 20.3 Å². The van der Waals surface area contributed by atoms with Crippen LogP contribution in [0.5, 0.6) is 0 Å². The predicted molar refractivity (Wildman–Crippen MR) is 87.9 cm³/mol. The standard InChI is InChI=1S/C19H22/c1-3-5-7-8-9-11-15-19-17-13-12-16-18(19)14-10-6-4-2/h4-17H,3H2,1-2H3/b6-4+,7-5+,9-8+,14-10+,15-11+. The molecule has 1 rings (SSSR count). The second-order valence-corrected chi connectivity index (χ2v) is 4.09. The van der Waals surface area contributed by atoms with Crippen molar-refractivity contribution in [3.63, 3.8) is 0 Å². The maximum Gasteiger partial charge on any atom is -0.0184 e. The van der Waals surface area contributed by atoms with Gasteiger partial charge in [0.25, 0.3) is 0 Å². The molecule has 0 N–H and O–H groups in total. The normalized spacial score (nSPS) is 12.9. The van der Waals surface area contributed by atoms with Crippen LogP contribution in [-0.2, 0) is 0 Å². The summed E-state index contributed by atoms with van der Waals surface area (Å²) in [6, 6.07) is 8.38. The molecule has 0 saturated carbocycles. The van der Waals surface area contributed by atoms with E-state index in [4.69, 9.17) is 0 Å². The summed E-state index contributed by atoms with van der Waals surface area (Å²) >= 11 is 0. The molecular weight excluding hydrogens is 228 g/mol. The molecular formula is C19H22. The molecule has 0 aliphatic rings. The Kier molecular flexibility index (Phi) is 7.80. The van der Waals surface area contributed by atoms with Crippen molar-refractivity contribution in [3.05, 3.63) is 84.0 Å². The van der Waals surface area contributed by atoms with E-state index < -0.39 is 0 Å². The monoisotopic (exact) mass is 250 g/mol. The fourth-order valence-corrected chi connectivity index (χ4v) is 1.59. The molecule has 0 saturated heterocycles. The minimum absolute atomic E-state index is 1.08. The van der Waals surface area contributed by atoms with Gasteiger partial charge < -0.3 is 0 Å². The van der Waals surface area contributed by atoms with Gasteiger partial charge in [0.1, 0.15) is 0 Å². The summed E-state index contributed by atoms with van der Waals surface area (Å²) in [6.45, 7) is 4.15. The van der Waals surface area contributed by atoms with E-state index in [0.717, 1.165) is 6.42 Å². The third-order valence-electron chi connectivity index (χ3n) is 2.56. The Labute approximate surface area is 117 Å². The lowest BCUT2D eigenvalue weighted by Crippen LogP contribution is -1.78. The van der Waals surface area contributed by atoms with Gasteiger partial charge >= 0.3 is 0 Å². The second-order valence-electron chi connectivity index (χ2n) is 4.09. The van der Waals surface area contributed by atoms with Gasteiger partial charge in [-0.3, -0.25) is 0 Å². The van der Waals surface area contributed by atoms with Crippen LogP contribution in [0.3, 0.4) is 0 Å². The molecule has 0 heterocycles. The smallest absolute Gasteiger partial charge is 0.0184 e. The highest BCUT2D eigenvalue weighted by Gasteiger charge is 1.92. The number of benzene rings is 1. The number of rotatable bonds is 6. The van der Waals surface area contributed by atoms with E-state index in [1.807, 2.05) is 19.1 Å². The molecule has 0 radical (unpaired) electrons. The molecule has 0 aromatic heterocycles. The van der Waals surface area contributed by atoms with Crippen LogP contribution in [0.25, 0.3) is 12.2 Å². The van der Waals surface area contributed by atoms with Crippen molar-refractivity contribution < 1.29 is 0 Å². The minimum Gasteiger partial charge on any atom is -0.0877 e. The van der Waals surface area contributed by atoms with Gasteiger partial charge in [0.15, 0.2) is 0 Å². The van der Waals surface area contributed by atoms with Crippen LogP contribution in [0, 0.1) is 0 Å². The molecule has 0 atom stereocenters. The summed E-state index contributed by atoms with van der Waals surface area (Å²) in [5.74, 6) is 0. The molecule has 0 unspecified atom stereocenters. The second kappa shape index (κ2) is 9.90. The third-order valence-corrected chi connectivity index (χ3v) is 2.56. The molecule has 0 aliphatic carbocycles. The first kappa shape index (κ1) is 15.0. The first-order valence-electron chi connectivity index (χ1n) is 6.76. The summed E-state index contributed by atoms with van der Waals surface area (Å²) in [4.78, 5) is 0. The van der Waals surface area contributed by atoms with Crippen molar-refractivity contribution in [1.29, 1.82) is 0 Å². The maximum atomic E-state index is 2.14. The zero-order chi connectivity index (χ0) is 13.8. The van der Waals surface area contributed by atoms with Crippen LogP contribution in [0.1, 0.15) is 31.4 Å². The molecule has 0 heteroatoms. The van der Waals surface area contributed by atoms with Crippen LogP contribution in [-0.4, -0.2) is 0 Å². The van der Waals surface area contributed by atoms with Gasteiger partial charge in [0, 0.05) is 0 Å². The lowest BCUT2D eigenvalue weighted by Gasteiger charge is -1.98. The fourth-order valence-electron chi connectivity index (χ4n) is 1.59. The summed E-state index contributed by atoms with van der Waals surface area (Å²) in [5.41, 5.74) is 2.46. The van der Waals surface area contributed by atoms with Gasteiger partial charge in [0.2, 0.25) is 0 Å². The first-order chi connectivity index (χ1) is 9.38. The van der Waals surface area contributed by atoms with Gasteiger partial charge in [-0.2, -0.15) is 0 Å². The molecule has 0 spiro atoms. The Balaban J connectivity index is 2.75. The van der Waals surface area contributed by atoms with Crippen LogP contribution in [0.2, 0.25) is 0 Å². The Hall–Kier alpha value is -2.08. The van der Waals surface area contributed by atoms with Crippen molar-refractivity contribution in [2.75, 3.05) is 0 Å². The molecule has 0 fully saturated rings. The van der Waals surface area contributed by atoms with Crippen LogP contribution in [0.15, 0.2) is 72.9 Å². The first-order valence-corrected chi connectivity index (χ1v) is 6.76. The molecule has 1 aromatic carbocycles. The molecule has 1 aromatic rings. The average Bonchev–Trinajstić information content (AvgIpc) is 2.44. The zero-order valence-electron chi connectivity index (χ0n) is 11.8. The third kappa shape index (κ3) is 6.42. The highest BCUT2D eigenvalue weighted by Crippen LogP contribution is 2.12. The Bertz CT molecular complexity index is 497. The van der Waals surface area contributed by atoms with Crippen molar-refractivity contribution >= 4 is 12.2 Å². The molecule has 19 heavy (non-hydrogen) atoms. The van der Waals surface area contributed by atoms with Gasteiger partial charge in [-0.05, 0) is 24.5 Å². The minimum atomic E-state index is 1.08. The van der Waals surface area contributed by atoms with E-state index >= 15 is 0 Å². The highest BCUT2D eigenvalue weighted by molar-refractivity contribution is 5.66. The van der Waals surface area contributed by atoms with Crippen molar-refractivity contribution in [3.8, 4) is 0 Å². The van der Waals surface area contributed by atoms with Gasteiger partial charge in [-0.25, -0.2) is 0 Å². The molecule has 0 amide bonds. The topological polar surface area (TPSA) is 0 Å². The van der Waals surface area contributed by atoms with Crippen LogP contribution < -0.4 is 0 Å². The van der Waals surface area contributed by atoms with E-state index in [2.05, 4.69) is 79.8 Å². The summed E-state index contributed by atoms with van der Waals surface area (Å²) in [7, 11) is 0. The largest absolute Gasteiger partial charge is 0.0877 e. The van der Waals surface area contributed by atoms with E-state index in [1.165, 1.54) is 11.1 Å². The van der Waals surface area contributed by atoms with Crippen LogP contribution >= 0.6 is 0 Å². The van der Waals surface area contributed by atoms with E-state index in [1.54, 1.807) is 0 Å². The average molecular weight is 250 g/mol. The lowest BCUT2D eigenvalue weighted by atomic mass is 10.1.